The summed E-state index contributed by atoms with van der Waals surface area (Å²) >= 11 is 5.98. The maximum Gasteiger partial charge on any atom is 0.303 e. The summed E-state index contributed by atoms with van der Waals surface area (Å²) in [5.74, 6) is -0.839. The lowest BCUT2D eigenvalue weighted by molar-refractivity contribution is -0.137. The summed E-state index contributed by atoms with van der Waals surface area (Å²) in [5, 5.41) is 9.14. The number of hydrogen-bond acceptors (Lipinski definition) is 2. The third-order valence-corrected chi connectivity index (χ3v) is 2.56. The summed E-state index contributed by atoms with van der Waals surface area (Å²) in [5.41, 5.74) is 7.75. The first kappa shape index (κ1) is 12.0. The summed E-state index contributed by atoms with van der Waals surface area (Å²) in [6, 6.07) is 5.27. The fourth-order valence-electron chi connectivity index (χ4n) is 1.38. The standard InChI is InChI=1S/C11H14ClNO2/c1-7-2-3-9(12)8(6-7)10(13)4-5-11(14)15/h2-3,6,10H,4-5,13H2,1H3,(H,14,15). The van der Waals surface area contributed by atoms with Crippen molar-refractivity contribution in [2.24, 2.45) is 5.73 Å². The van der Waals surface area contributed by atoms with Crippen molar-refractivity contribution in [3.63, 3.8) is 0 Å². The van der Waals surface area contributed by atoms with E-state index in [2.05, 4.69) is 0 Å². The molecule has 0 fully saturated rings. The minimum Gasteiger partial charge on any atom is -0.481 e. The van der Waals surface area contributed by atoms with Crippen LogP contribution in [0.1, 0.15) is 30.0 Å². The van der Waals surface area contributed by atoms with Gasteiger partial charge in [0.15, 0.2) is 0 Å². The molecule has 1 aromatic rings. The monoisotopic (exact) mass is 227 g/mol. The molecule has 1 unspecified atom stereocenters. The van der Waals surface area contributed by atoms with Gasteiger partial charge in [-0.1, -0.05) is 29.3 Å². The van der Waals surface area contributed by atoms with E-state index in [0.717, 1.165) is 11.1 Å². The van der Waals surface area contributed by atoms with Crippen molar-refractivity contribution in [1.29, 1.82) is 0 Å². The predicted octanol–water partition coefficient (Wildman–Crippen LogP) is 2.51. The normalized spacial score (nSPS) is 12.5. The highest BCUT2D eigenvalue weighted by atomic mass is 35.5. The first-order valence-electron chi connectivity index (χ1n) is 4.74. The molecule has 0 bridgehead atoms. The van der Waals surface area contributed by atoms with E-state index in [1.54, 1.807) is 6.07 Å². The Morgan fingerprint density at radius 3 is 2.87 bits per heavy atom. The van der Waals surface area contributed by atoms with Gasteiger partial charge >= 0.3 is 5.97 Å². The number of hydrogen-bond donors (Lipinski definition) is 2. The second-order valence-corrected chi connectivity index (χ2v) is 3.97. The van der Waals surface area contributed by atoms with Crippen molar-refractivity contribution in [1.82, 2.24) is 0 Å². The van der Waals surface area contributed by atoms with E-state index in [-0.39, 0.29) is 12.5 Å². The second kappa shape index (κ2) is 5.14. The number of halogens is 1. The van der Waals surface area contributed by atoms with Crippen molar-refractivity contribution in [3.8, 4) is 0 Å². The lowest BCUT2D eigenvalue weighted by Gasteiger charge is -2.13. The van der Waals surface area contributed by atoms with E-state index in [9.17, 15) is 4.79 Å². The Morgan fingerprint density at radius 1 is 1.60 bits per heavy atom. The van der Waals surface area contributed by atoms with Gasteiger partial charge in [-0.15, -0.1) is 0 Å². The van der Waals surface area contributed by atoms with Gasteiger partial charge in [0.2, 0.25) is 0 Å². The molecule has 0 saturated heterocycles. The molecular weight excluding hydrogens is 214 g/mol. The van der Waals surface area contributed by atoms with Crippen molar-refractivity contribution in [2.45, 2.75) is 25.8 Å². The number of nitrogens with two attached hydrogens (primary N) is 1. The van der Waals surface area contributed by atoms with Crippen LogP contribution in [0.25, 0.3) is 0 Å². The highest BCUT2D eigenvalue weighted by Gasteiger charge is 2.11. The molecule has 3 nitrogen and oxygen atoms in total. The molecule has 15 heavy (non-hydrogen) atoms. The van der Waals surface area contributed by atoms with Crippen LogP contribution < -0.4 is 5.73 Å². The third kappa shape index (κ3) is 3.53. The van der Waals surface area contributed by atoms with Crippen molar-refractivity contribution in [3.05, 3.63) is 34.3 Å². The van der Waals surface area contributed by atoms with Gasteiger partial charge in [-0.05, 0) is 25.0 Å². The van der Waals surface area contributed by atoms with Gasteiger partial charge < -0.3 is 10.8 Å². The Morgan fingerprint density at radius 2 is 2.27 bits per heavy atom. The smallest absolute Gasteiger partial charge is 0.303 e. The number of carboxylic acids is 1. The topological polar surface area (TPSA) is 63.3 Å². The molecule has 0 aliphatic rings. The van der Waals surface area contributed by atoms with E-state index < -0.39 is 5.97 Å². The molecule has 0 aliphatic carbocycles. The first-order valence-corrected chi connectivity index (χ1v) is 5.12. The minimum absolute atomic E-state index is 0.0609. The average Bonchev–Trinajstić information content (AvgIpc) is 2.18. The number of benzene rings is 1. The van der Waals surface area contributed by atoms with Crippen LogP contribution in [0.3, 0.4) is 0 Å². The van der Waals surface area contributed by atoms with Gasteiger partial charge in [0.1, 0.15) is 0 Å². The van der Waals surface area contributed by atoms with Crippen LogP contribution in [0, 0.1) is 6.92 Å². The highest BCUT2D eigenvalue weighted by molar-refractivity contribution is 6.31. The zero-order valence-electron chi connectivity index (χ0n) is 8.53. The maximum atomic E-state index is 10.4. The fourth-order valence-corrected chi connectivity index (χ4v) is 1.64. The third-order valence-electron chi connectivity index (χ3n) is 2.22. The number of aliphatic carboxylic acids is 1. The predicted molar refractivity (Wildman–Crippen MR) is 60.0 cm³/mol. The lowest BCUT2D eigenvalue weighted by atomic mass is 10.0. The van der Waals surface area contributed by atoms with E-state index in [0.29, 0.717) is 11.4 Å². The molecule has 82 valence electrons. The van der Waals surface area contributed by atoms with Gasteiger partial charge in [-0.2, -0.15) is 0 Å². The Bertz CT molecular complexity index is 366. The van der Waals surface area contributed by atoms with Crippen LogP contribution >= 0.6 is 11.6 Å². The lowest BCUT2D eigenvalue weighted by Crippen LogP contribution is -2.13. The highest BCUT2D eigenvalue weighted by Crippen LogP contribution is 2.25. The number of carboxylic acid groups (broad SMARTS) is 1. The van der Waals surface area contributed by atoms with Crippen LogP contribution in [-0.2, 0) is 4.79 Å². The molecule has 0 aromatic heterocycles. The van der Waals surface area contributed by atoms with Crippen LogP contribution in [-0.4, -0.2) is 11.1 Å². The molecule has 1 aromatic carbocycles. The van der Waals surface area contributed by atoms with Crippen molar-refractivity contribution in [2.75, 3.05) is 0 Å². The van der Waals surface area contributed by atoms with E-state index >= 15 is 0 Å². The molecule has 0 amide bonds. The van der Waals surface area contributed by atoms with Crippen LogP contribution in [0.15, 0.2) is 18.2 Å². The largest absolute Gasteiger partial charge is 0.481 e. The Kier molecular flexibility index (Phi) is 4.12. The molecule has 4 heteroatoms. The average molecular weight is 228 g/mol. The number of rotatable bonds is 4. The Hall–Kier alpha value is -1.06. The van der Waals surface area contributed by atoms with Crippen molar-refractivity contribution < 1.29 is 9.90 Å². The van der Waals surface area contributed by atoms with Gasteiger partial charge in [-0.3, -0.25) is 4.79 Å². The zero-order valence-corrected chi connectivity index (χ0v) is 9.29. The van der Waals surface area contributed by atoms with Gasteiger partial charge in [0.25, 0.3) is 0 Å². The van der Waals surface area contributed by atoms with E-state index in [1.165, 1.54) is 0 Å². The summed E-state index contributed by atoms with van der Waals surface area (Å²) < 4.78 is 0. The Balaban J connectivity index is 2.76. The number of carbonyl (C=O) groups is 1. The molecule has 0 saturated carbocycles. The summed E-state index contributed by atoms with van der Waals surface area (Å²) in [7, 11) is 0. The van der Waals surface area contributed by atoms with E-state index in [1.807, 2.05) is 19.1 Å². The van der Waals surface area contributed by atoms with Gasteiger partial charge in [0.05, 0.1) is 0 Å². The van der Waals surface area contributed by atoms with Crippen LogP contribution in [0.2, 0.25) is 5.02 Å². The van der Waals surface area contributed by atoms with Crippen molar-refractivity contribution >= 4 is 17.6 Å². The van der Waals surface area contributed by atoms with Gasteiger partial charge in [0, 0.05) is 17.5 Å². The molecule has 1 atom stereocenters. The fraction of sp³-hybridized carbons (Fsp3) is 0.364. The summed E-state index contributed by atoms with van der Waals surface area (Å²) in [6.07, 6.45) is 0.462. The second-order valence-electron chi connectivity index (χ2n) is 3.56. The zero-order chi connectivity index (χ0) is 11.4. The molecular formula is C11H14ClNO2. The molecule has 0 radical (unpaired) electrons. The van der Waals surface area contributed by atoms with Gasteiger partial charge in [-0.25, -0.2) is 0 Å². The molecule has 3 N–H and O–H groups in total. The molecule has 0 heterocycles. The first-order chi connectivity index (χ1) is 7.00. The SMILES string of the molecule is Cc1ccc(Cl)c(C(N)CCC(=O)O)c1. The number of aryl methyl sites for hydroxylation is 1. The maximum absolute atomic E-state index is 10.4. The molecule has 0 aliphatic heterocycles. The quantitative estimate of drug-likeness (QED) is 0.831. The van der Waals surface area contributed by atoms with Crippen LogP contribution in [0.5, 0.6) is 0 Å². The van der Waals surface area contributed by atoms with E-state index in [4.69, 9.17) is 22.4 Å². The Labute approximate surface area is 93.9 Å². The molecule has 0 spiro atoms. The minimum atomic E-state index is -0.839. The molecule has 1 rings (SSSR count). The summed E-state index contributed by atoms with van der Waals surface area (Å²) in [4.78, 5) is 10.4. The van der Waals surface area contributed by atoms with Crippen LogP contribution in [0.4, 0.5) is 0 Å². The summed E-state index contributed by atoms with van der Waals surface area (Å²) in [6.45, 7) is 1.95.